The average molecular weight is 430 g/mol. The van der Waals surface area contributed by atoms with E-state index in [9.17, 15) is 0 Å². The van der Waals surface area contributed by atoms with Crippen LogP contribution in [0.15, 0.2) is 0 Å². The monoisotopic (exact) mass is 431 g/mol. The number of hydrogen-bond acceptors (Lipinski definition) is 8. The van der Waals surface area contributed by atoms with Crippen molar-refractivity contribution in [2.75, 3.05) is 0 Å². The van der Waals surface area contributed by atoms with Crippen molar-refractivity contribution >= 4 is 24.6 Å². The maximum atomic E-state index is 8.44. The van der Waals surface area contributed by atoms with Gasteiger partial charge in [-0.1, -0.05) is 0 Å². The maximum Gasteiger partial charge on any atom is 0.249 e. The van der Waals surface area contributed by atoms with Crippen molar-refractivity contribution in [2.24, 2.45) is 0 Å². The maximum absolute atomic E-state index is 8.44. The molecule has 0 bridgehead atoms. The molecule has 0 aromatic carbocycles. The second-order valence-electron chi connectivity index (χ2n) is 1.06. The van der Waals surface area contributed by atoms with Gasteiger partial charge in [0.25, 0.3) is 0 Å². The number of carboxylic acid groups (broad SMARTS) is 8. The van der Waals surface area contributed by atoms with E-state index in [1.165, 1.54) is 0 Å². The molecule has 0 aromatic heterocycles. The van der Waals surface area contributed by atoms with Crippen LogP contribution in [-0.4, -0.2) is 45.0 Å². The molecule has 0 aliphatic carbocycles. The molecule has 0 heterocycles. The van der Waals surface area contributed by atoms with Gasteiger partial charge in [0.05, 0.1) is 0 Å². The molecule has 0 aliphatic heterocycles. The van der Waals surface area contributed by atoms with Gasteiger partial charge in [-0.2, -0.15) is 0 Å². The van der Waals surface area contributed by atoms with Gasteiger partial charge < -0.3 is 60.0 Å². The minimum Gasteiger partial charge on any atom is -0.565 e. The third-order valence-corrected chi connectivity index (χ3v) is 0. The summed E-state index contributed by atoms with van der Waals surface area (Å²) >= 11 is 0. The topological polar surface area (TPSA) is 241 Å². The van der Waals surface area contributed by atoms with Crippen LogP contribution in [0.2, 0.25) is 0 Å². The van der Waals surface area contributed by atoms with Crippen LogP contribution >= 0.6 is 0 Å². The molecule has 0 aromatic rings. The summed E-state index contributed by atoms with van der Waals surface area (Å²) in [5, 5.41) is 61.2. The van der Waals surface area contributed by atoms with E-state index < -0.39 is 24.6 Å². The van der Waals surface area contributed by atoms with E-state index in [4.69, 9.17) is 60.0 Å². The number of hydrogen-bond donors (Lipinski definition) is 4. The molecule has 13 heteroatoms. The molecule has 0 unspecified atom stereocenters. The SMILES string of the molecule is O=C([O-])O.O=C([O-])O.O=C([O-])O.O=C([O-])O.[Re]. The van der Waals surface area contributed by atoms with E-state index in [0.29, 0.717) is 0 Å². The van der Waals surface area contributed by atoms with E-state index in [-0.39, 0.29) is 20.4 Å². The second-order valence-corrected chi connectivity index (χ2v) is 1.06. The van der Waals surface area contributed by atoms with Crippen LogP contribution < -0.4 is 20.4 Å². The molecule has 1 radical (unpaired) electrons. The zero-order chi connectivity index (χ0) is 14.3. The van der Waals surface area contributed by atoms with E-state index in [1.54, 1.807) is 0 Å². The summed E-state index contributed by atoms with van der Waals surface area (Å²) in [4.78, 5) is 33.8. The van der Waals surface area contributed by atoms with E-state index in [2.05, 4.69) is 0 Å². The fourth-order valence-electron chi connectivity index (χ4n) is 0. The van der Waals surface area contributed by atoms with Crippen molar-refractivity contribution in [3.63, 3.8) is 0 Å². The van der Waals surface area contributed by atoms with Crippen LogP contribution in [0, 0.1) is 0 Å². The minimum atomic E-state index is -2.08. The summed E-state index contributed by atoms with van der Waals surface area (Å²) < 4.78 is 0. The molecule has 103 valence electrons. The Hall–Kier alpha value is -2.26. The minimum absolute atomic E-state index is 0. The Morgan fingerprint density at radius 3 is 0.529 bits per heavy atom. The number of carbonyl (C=O) groups is 4. The standard InChI is InChI=1S/4CH2O3.Re/c4*2-1(3)4;/h4*(H2,2,3,4);/p-4. The molecule has 17 heavy (non-hydrogen) atoms. The Morgan fingerprint density at radius 2 is 0.529 bits per heavy atom. The Labute approximate surface area is 106 Å². The zero-order valence-corrected chi connectivity index (χ0v) is 10.1. The van der Waals surface area contributed by atoms with Gasteiger partial charge in [0.15, 0.2) is 0 Å². The van der Waals surface area contributed by atoms with Gasteiger partial charge in [-0.05, 0) is 0 Å². The number of rotatable bonds is 0. The van der Waals surface area contributed by atoms with Gasteiger partial charge in [0.2, 0.25) is 24.6 Å². The first-order valence-corrected chi connectivity index (χ1v) is 2.53. The summed E-state index contributed by atoms with van der Waals surface area (Å²) in [6.45, 7) is 0. The van der Waals surface area contributed by atoms with Crippen LogP contribution in [0.5, 0.6) is 0 Å². The molecular formula is C4H4O12Re-4. The molecule has 0 spiro atoms. The van der Waals surface area contributed by atoms with Crippen molar-refractivity contribution in [1.29, 1.82) is 0 Å². The third-order valence-electron chi connectivity index (χ3n) is 0. The molecule has 0 aliphatic rings. The third kappa shape index (κ3) is 372. The first-order chi connectivity index (χ1) is 6.93. The van der Waals surface area contributed by atoms with Gasteiger partial charge in [-0.3, -0.25) is 0 Å². The van der Waals surface area contributed by atoms with Crippen LogP contribution in [0.3, 0.4) is 0 Å². The van der Waals surface area contributed by atoms with Crippen molar-refractivity contribution in [3.8, 4) is 0 Å². The smallest absolute Gasteiger partial charge is 0.249 e. The Balaban J connectivity index is -0.0000000369. The Kier molecular flexibility index (Phi) is 40.6. The first kappa shape index (κ1) is 29.3. The van der Waals surface area contributed by atoms with Crippen molar-refractivity contribution < 1.29 is 80.5 Å². The molecule has 0 fully saturated rings. The van der Waals surface area contributed by atoms with Crippen molar-refractivity contribution in [1.82, 2.24) is 0 Å². The predicted octanol–water partition coefficient (Wildman–Crippen LogP) is -4.45. The van der Waals surface area contributed by atoms with E-state index in [0.717, 1.165) is 0 Å². The van der Waals surface area contributed by atoms with Crippen molar-refractivity contribution in [2.45, 2.75) is 0 Å². The van der Waals surface area contributed by atoms with Crippen molar-refractivity contribution in [3.05, 3.63) is 0 Å². The van der Waals surface area contributed by atoms with E-state index in [1.807, 2.05) is 0 Å². The molecule has 12 nitrogen and oxygen atoms in total. The Bertz CT molecular complexity index is 159. The quantitative estimate of drug-likeness (QED) is 0.284. The van der Waals surface area contributed by atoms with Gasteiger partial charge in [-0.15, -0.1) is 0 Å². The normalized spacial score (nSPS) is 5.65. The molecule has 0 rings (SSSR count). The Morgan fingerprint density at radius 1 is 0.529 bits per heavy atom. The molecular weight excluding hydrogens is 426 g/mol. The largest absolute Gasteiger partial charge is 0.565 e. The molecule has 0 saturated carbocycles. The first-order valence-electron chi connectivity index (χ1n) is 2.53. The predicted molar refractivity (Wildman–Crippen MR) is 32.1 cm³/mol. The van der Waals surface area contributed by atoms with Crippen LogP contribution in [0.4, 0.5) is 19.2 Å². The van der Waals surface area contributed by atoms with Gasteiger partial charge in [0.1, 0.15) is 0 Å². The van der Waals surface area contributed by atoms with Crippen LogP contribution in [0.25, 0.3) is 0 Å². The fourth-order valence-corrected chi connectivity index (χ4v) is 0. The van der Waals surface area contributed by atoms with E-state index >= 15 is 0 Å². The summed E-state index contributed by atoms with van der Waals surface area (Å²) in [6, 6.07) is 0. The summed E-state index contributed by atoms with van der Waals surface area (Å²) in [5.74, 6) is 0. The van der Waals surface area contributed by atoms with Gasteiger partial charge in [0, 0.05) is 20.4 Å². The molecule has 0 saturated heterocycles. The summed E-state index contributed by atoms with van der Waals surface area (Å²) in [6.07, 6.45) is -8.33. The molecule has 4 N–H and O–H groups in total. The molecule has 0 amide bonds. The summed E-state index contributed by atoms with van der Waals surface area (Å²) in [7, 11) is 0. The van der Waals surface area contributed by atoms with Gasteiger partial charge in [-0.25, -0.2) is 0 Å². The average Bonchev–Trinajstić information content (AvgIpc) is 1.76. The zero-order valence-electron chi connectivity index (χ0n) is 7.43. The second kappa shape index (κ2) is 23.5. The summed E-state index contributed by atoms with van der Waals surface area (Å²) in [5.41, 5.74) is 0. The fraction of sp³-hybridized carbons (Fsp3) is 0. The molecule has 0 atom stereocenters. The van der Waals surface area contributed by atoms with Crippen LogP contribution in [0.1, 0.15) is 0 Å². The van der Waals surface area contributed by atoms with Crippen LogP contribution in [-0.2, 0) is 20.4 Å². The van der Waals surface area contributed by atoms with Gasteiger partial charge >= 0.3 is 0 Å².